The molecule has 4 rings (SSSR count). The van der Waals surface area contributed by atoms with Gasteiger partial charge in [0.25, 0.3) is 10.0 Å². The Balaban J connectivity index is 1.86. The van der Waals surface area contributed by atoms with Gasteiger partial charge >= 0.3 is 5.76 Å². The Kier molecular flexibility index (Phi) is 5.17. The summed E-state index contributed by atoms with van der Waals surface area (Å²) in [6.07, 6.45) is 1.14. The molecule has 0 fully saturated rings. The Morgan fingerprint density at radius 3 is 2.81 bits per heavy atom. The minimum absolute atomic E-state index is 0.0563. The summed E-state index contributed by atoms with van der Waals surface area (Å²) in [6.45, 7) is 0. The Labute approximate surface area is 178 Å². The predicted molar refractivity (Wildman–Crippen MR) is 108 cm³/mol. The highest BCUT2D eigenvalue weighted by Crippen LogP contribution is 2.31. The molecule has 158 valence electrons. The fourth-order valence-electron chi connectivity index (χ4n) is 3.03. The predicted octanol–water partition coefficient (Wildman–Crippen LogP) is 2.51. The molecule has 13 heteroatoms. The molecule has 1 unspecified atom stereocenters. The van der Waals surface area contributed by atoms with Gasteiger partial charge in [-0.25, -0.2) is 22.6 Å². The largest absolute Gasteiger partial charge is 0.496 e. The van der Waals surface area contributed by atoms with Crippen LogP contribution in [0.2, 0.25) is 0 Å². The Bertz CT molecular complexity index is 1470. The number of halogens is 1. The van der Waals surface area contributed by atoms with E-state index in [1.165, 1.54) is 7.11 Å². The zero-order valence-corrected chi connectivity index (χ0v) is 17.3. The van der Waals surface area contributed by atoms with Gasteiger partial charge in [-0.2, -0.15) is 9.64 Å². The van der Waals surface area contributed by atoms with Gasteiger partial charge in [0.05, 0.1) is 18.7 Å². The Morgan fingerprint density at radius 2 is 2.13 bits per heavy atom. The second kappa shape index (κ2) is 7.82. The molecule has 31 heavy (non-hydrogen) atoms. The summed E-state index contributed by atoms with van der Waals surface area (Å²) in [4.78, 5) is 15.5. The molecule has 0 saturated heterocycles. The van der Waals surface area contributed by atoms with Crippen molar-refractivity contribution in [2.75, 3.05) is 11.8 Å². The van der Waals surface area contributed by atoms with E-state index in [4.69, 9.17) is 9.15 Å². The number of rotatable bonds is 6. The first-order valence-corrected chi connectivity index (χ1v) is 10.8. The summed E-state index contributed by atoms with van der Waals surface area (Å²) < 4.78 is 57.0. The number of benzene rings is 2. The molecule has 0 spiro atoms. The van der Waals surface area contributed by atoms with E-state index in [9.17, 15) is 22.9 Å². The van der Waals surface area contributed by atoms with E-state index in [0.29, 0.717) is 11.3 Å². The normalized spacial score (nSPS) is 12.4. The number of sulfonamides is 1. The highest BCUT2D eigenvalue weighted by atomic mass is 32.2. The Morgan fingerprint density at radius 1 is 1.35 bits per heavy atom. The van der Waals surface area contributed by atoms with Crippen LogP contribution in [-0.4, -0.2) is 29.5 Å². The van der Waals surface area contributed by atoms with E-state index in [1.807, 2.05) is 6.07 Å². The van der Waals surface area contributed by atoms with Gasteiger partial charge in [0.1, 0.15) is 22.8 Å². The lowest BCUT2D eigenvalue weighted by molar-refractivity contribution is 0.404. The number of para-hydroxylation sites is 1. The molecule has 2 heterocycles. The molecular weight excluding hydrogens is 449 g/mol. The smallest absolute Gasteiger partial charge is 0.421 e. The fraction of sp³-hybridized carbons (Fsp3) is 0.111. The number of methoxy groups -OCH3 is 1. The molecule has 0 radical (unpaired) electrons. The van der Waals surface area contributed by atoms with Crippen molar-refractivity contribution in [1.82, 2.24) is 13.9 Å². The maximum atomic E-state index is 14.8. The molecule has 1 N–H and O–H groups in total. The molecule has 0 amide bonds. The quantitative estimate of drug-likeness (QED) is 0.462. The number of hydrogen-bond acceptors (Lipinski definition) is 9. The number of nitrogens with zero attached hydrogens (tertiary/aromatic N) is 4. The van der Waals surface area contributed by atoms with Gasteiger partial charge in [0, 0.05) is 29.2 Å². The van der Waals surface area contributed by atoms with E-state index in [1.54, 1.807) is 24.3 Å². The first-order valence-electron chi connectivity index (χ1n) is 8.52. The van der Waals surface area contributed by atoms with E-state index in [0.717, 1.165) is 34.6 Å². The van der Waals surface area contributed by atoms with Crippen molar-refractivity contribution in [2.45, 2.75) is 10.9 Å². The van der Waals surface area contributed by atoms with Crippen molar-refractivity contribution in [3.05, 3.63) is 64.7 Å². The zero-order chi connectivity index (χ0) is 22.2. The second-order valence-electron chi connectivity index (χ2n) is 6.11. The van der Waals surface area contributed by atoms with Crippen LogP contribution in [0.5, 0.6) is 5.75 Å². The topological polar surface area (TPSA) is 140 Å². The van der Waals surface area contributed by atoms with Gasteiger partial charge in [-0.3, -0.25) is 9.29 Å². The third-order valence-electron chi connectivity index (χ3n) is 4.35. The number of nitriles is 1. The minimum Gasteiger partial charge on any atom is -0.496 e. The third kappa shape index (κ3) is 3.62. The number of aromatic nitrogens is 3. The zero-order valence-electron chi connectivity index (χ0n) is 15.6. The lowest BCUT2D eigenvalue weighted by atomic mass is 10.1. The van der Waals surface area contributed by atoms with E-state index in [-0.39, 0.29) is 16.2 Å². The molecule has 0 bridgehead atoms. The van der Waals surface area contributed by atoms with Crippen LogP contribution in [0.3, 0.4) is 0 Å². The molecule has 1 atom stereocenters. The van der Waals surface area contributed by atoms with Gasteiger partial charge < -0.3 is 9.15 Å². The van der Waals surface area contributed by atoms with Crippen molar-refractivity contribution in [2.24, 2.45) is 0 Å². The fourth-order valence-corrected chi connectivity index (χ4v) is 4.77. The molecule has 2 aromatic heterocycles. The van der Waals surface area contributed by atoms with Crippen LogP contribution in [0, 0.1) is 17.1 Å². The first kappa shape index (κ1) is 20.5. The highest BCUT2D eigenvalue weighted by Gasteiger charge is 2.27. The van der Waals surface area contributed by atoms with Crippen LogP contribution in [0.25, 0.3) is 11.1 Å². The van der Waals surface area contributed by atoms with Crippen LogP contribution < -0.4 is 15.2 Å². The maximum Gasteiger partial charge on any atom is 0.421 e. The van der Waals surface area contributed by atoms with Crippen LogP contribution in [-0.2, 0) is 10.0 Å². The molecule has 2 aromatic carbocycles. The monoisotopic (exact) mass is 461 g/mol. The van der Waals surface area contributed by atoms with Gasteiger partial charge in [0.15, 0.2) is 11.6 Å². The van der Waals surface area contributed by atoms with Gasteiger partial charge in [-0.05, 0) is 6.07 Å². The van der Waals surface area contributed by atoms with Crippen LogP contribution in [0.15, 0.2) is 56.8 Å². The average Bonchev–Trinajstić information content (AvgIpc) is 3.35. The number of nitrogens with one attached hydrogen (secondary N) is 1. The van der Waals surface area contributed by atoms with Crippen molar-refractivity contribution >= 4 is 37.8 Å². The summed E-state index contributed by atoms with van der Waals surface area (Å²) in [5.41, 5.74) is 0.0568. The summed E-state index contributed by atoms with van der Waals surface area (Å²) in [5, 5.41) is 9.68. The molecule has 0 aliphatic heterocycles. The lowest BCUT2D eigenvalue weighted by Crippen LogP contribution is -2.21. The van der Waals surface area contributed by atoms with Crippen molar-refractivity contribution in [1.29, 1.82) is 5.26 Å². The number of anilines is 1. The number of fused-ring (bicyclic) bond motifs is 1. The molecule has 4 aromatic rings. The molecule has 10 nitrogen and oxygen atoms in total. The maximum absolute atomic E-state index is 14.8. The molecule has 0 aliphatic rings. The van der Waals surface area contributed by atoms with Gasteiger partial charge in [0.2, 0.25) is 5.13 Å². The number of oxazole rings is 1. The van der Waals surface area contributed by atoms with Gasteiger partial charge in [-0.15, -0.1) is 0 Å². The van der Waals surface area contributed by atoms with E-state index in [2.05, 4.69) is 14.1 Å². The van der Waals surface area contributed by atoms with Crippen molar-refractivity contribution < 1.29 is 22.0 Å². The van der Waals surface area contributed by atoms with E-state index >= 15 is 0 Å². The van der Waals surface area contributed by atoms with Crippen molar-refractivity contribution in [3.63, 3.8) is 0 Å². The highest BCUT2D eigenvalue weighted by molar-refractivity contribution is 7.93. The van der Waals surface area contributed by atoms with Crippen LogP contribution >= 0.6 is 11.5 Å². The van der Waals surface area contributed by atoms with Crippen LogP contribution in [0.1, 0.15) is 11.6 Å². The number of hydrogen-bond donors (Lipinski definition) is 1. The second-order valence-corrected chi connectivity index (χ2v) is 8.54. The molecular formula is C18H12FN5O5S2. The summed E-state index contributed by atoms with van der Waals surface area (Å²) in [5.74, 6) is -1.76. The lowest BCUT2D eigenvalue weighted by Gasteiger charge is -2.14. The summed E-state index contributed by atoms with van der Waals surface area (Å²) >= 11 is 0.769. The average molecular weight is 461 g/mol. The Hall–Kier alpha value is -3.76. The van der Waals surface area contributed by atoms with E-state index < -0.39 is 32.5 Å². The molecule has 0 saturated carbocycles. The standard InChI is InChI=1S/C18H12FN5O5S2/c1-28-14-5-3-2-4-10(14)13(8-20)24-12-6-11(19)16(7-15(12)29-18(24)25)31(26,27)23-17-21-9-22-30-17/h2-7,9,13H,1H3,(H,21,22,23). The first-order chi connectivity index (χ1) is 14.9. The summed E-state index contributed by atoms with van der Waals surface area (Å²) in [6, 6.07) is 9.01. The van der Waals surface area contributed by atoms with Crippen LogP contribution in [0.4, 0.5) is 9.52 Å². The number of ether oxygens (including phenoxy) is 1. The third-order valence-corrected chi connectivity index (χ3v) is 6.42. The van der Waals surface area contributed by atoms with Crippen molar-refractivity contribution in [3.8, 4) is 11.8 Å². The summed E-state index contributed by atoms with van der Waals surface area (Å²) in [7, 11) is -2.96. The molecule has 0 aliphatic carbocycles. The minimum atomic E-state index is -4.37. The SMILES string of the molecule is COc1ccccc1C(C#N)n1c(=O)oc2cc(S(=O)(=O)Nc3ncns3)c(F)cc21. The van der Waals surface area contributed by atoms with Gasteiger partial charge in [-0.1, -0.05) is 18.2 Å².